The number of hydrogen-bond donors (Lipinski definition) is 0. The SMILES string of the molecule is COC(=O)[C@@H](C)Sc1ncnc2c1nnn2-c1cccc(OC)c1. The van der Waals surface area contributed by atoms with Gasteiger partial charge in [-0.15, -0.1) is 5.10 Å². The first-order valence-corrected chi connectivity index (χ1v) is 7.97. The van der Waals surface area contributed by atoms with Crippen molar-refractivity contribution in [1.29, 1.82) is 0 Å². The normalized spacial score (nSPS) is 12.1. The smallest absolute Gasteiger partial charge is 0.318 e. The molecule has 8 nitrogen and oxygen atoms in total. The van der Waals surface area contributed by atoms with Gasteiger partial charge in [0, 0.05) is 6.07 Å². The molecule has 0 spiro atoms. The molecule has 0 saturated carbocycles. The van der Waals surface area contributed by atoms with Crippen LogP contribution >= 0.6 is 11.8 Å². The first-order chi connectivity index (χ1) is 11.6. The van der Waals surface area contributed by atoms with E-state index in [4.69, 9.17) is 9.47 Å². The molecule has 0 N–H and O–H groups in total. The van der Waals surface area contributed by atoms with Crippen LogP contribution in [0.2, 0.25) is 0 Å². The van der Waals surface area contributed by atoms with Crippen LogP contribution in [-0.2, 0) is 9.53 Å². The summed E-state index contributed by atoms with van der Waals surface area (Å²) in [6, 6.07) is 7.41. The Morgan fingerprint density at radius 1 is 1.29 bits per heavy atom. The van der Waals surface area contributed by atoms with Gasteiger partial charge < -0.3 is 9.47 Å². The summed E-state index contributed by atoms with van der Waals surface area (Å²) in [6.45, 7) is 1.75. The van der Waals surface area contributed by atoms with Gasteiger partial charge in [0.25, 0.3) is 0 Å². The second-order valence-corrected chi connectivity index (χ2v) is 6.17. The van der Waals surface area contributed by atoms with Gasteiger partial charge in [-0.05, 0) is 19.1 Å². The Morgan fingerprint density at radius 2 is 2.12 bits per heavy atom. The van der Waals surface area contributed by atoms with E-state index in [0.29, 0.717) is 21.9 Å². The third kappa shape index (κ3) is 3.02. The zero-order chi connectivity index (χ0) is 17.1. The Balaban J connectivity index is 2.01. The molecule has 0 aliphatic heterocycles. The number of thioether (sulfide) groups is 1. The van der Waals surface area contributed by atoms with E-state index >= 15 is 0 Å². The minimum absolute atomic E-state index is 0.327. The molecule has 0 aliphatic carbocycles. The van der Waals surface area contributed by atoms with Gasteiger partial charge >= 0.3 is 5.97 Å². The van der Waals surface area contributed by atoms with Gasteiger partial charge in [0.05, 0.1) is 19.9 Å². The summed E-state index contributed by atoms with van der Waals surface area (Å²) in [7, 11) is 2.96. The van der Waals surface area contributed by atoms with Crippen molar-refractivity contribution in [2.45, 2.75) is 17.2 Å². The van der Waals surface area contributed by atoms with Crippen molar-refractivity contribution < 1.29 is 14.3 Å². The molecule has 1 aromatic carbocycles. The number of rotatable bonds is 5. The van der Waals surface area contributed by atoms with Crippen LogP contribution in [0.4, 0.5) is 0 Å². The molecule has 3 rings (SSSR count). The standard InChI is InChI=1S/C15H15N5O3S/c1-9(15(21)23-3)24-14-12-13(16-8-17-14)20(19-18-12)10-5-4-6-11(7-10)22-2/h4-9H,1-3H3/t9-/m1/s1. The van der Waals surface area contributed by atoms with Gasteiger partial charge in [-0.3, -0.25) is 4.79 Å². The quantitative estimate of drug-likeness (QED) is 0.393. The largest absolute Gasteiger partial charge is 0.497 e. The van der Waals surface area contributed by atoms with E-state index in [-0.39, 0.29) is 5.97 Å². The molecule has 0 amide bonds. The highest BCUT2D eigenvalue weighted by molar-refractivity contribution is 8.00. The lowest BCUT2D eigenvalue weighted by atomic mass is 10.3. The number of aromatic nitrogens is 5. The number of nitrogens with zero attached hydrogens (tertiary/aromatic N) is 5. The number of carbonyl (C=O) groups excluding carboxylic acids is 1. The summed E-state index contributed by atoms with van der Waals surface area (Å²) < 4.78 is 11.6. The van der Waals surface area contributed by atoms with E-state index in [1.807, 2.05) is 24.3 Å². The van der Waals surface area contributed by atoms with E-state index < -0.39 is 5.25 Å². The average Bonchev–Trinajstić information content (AvgIpc) is 3.06. The highest BCUT2D eigenvalue weighted by Gasteiger charge is 2.20. The lowest BCUT2D eigenvalue weighted by Crippen LogP contribution is -2.14. The minimum Gasteiger partial charge on any atom is -0.497 e. The summed E-state index contributed by atoms with van der Waals surface area (Å²) in [5, 5.41) is 8.48. The summed E-state index contributed by atoms with van der Waals surface area (Å²) >= 11 is 1.26. The van der Waals surface area contributed by atoms with E-state index in [0.717, 1.165) is 5.69 Å². The monoisotopic (exact) mass is 345 g/mol. The Hall–Kier alpha value is -2.68. The second-order valence-electron chi connectivity index (χ2n) is 4.84. The zero-order valence-corrected chi connectivity index (χ0v) is 14.1. The van der Waals surface area contributed by atoms with E-state index in [2.05, 4.69) is 20.3 Å². The summed E-state index contributed by atoms with van der Waals surface area (Å²) in [5.74, 6) is 0.381. The van der Waals surface area contributed by atoms with Gasteiger partial charge in [0.1, 0.15) is 22.4 Å². The van der Waals surface area contributed by atoms with Crippen molar-refractivity contribution >= 4 is 28.9 Å². The van der Waals surface area contributed by atoms with Gasteiger partial charge in [-0.1, -0.05) is 23.0 Å². The van der Waals surface area contributed by atoms with Crippen molar-refractivity contribution in [3.05, 3.63) is 30.6 Å². The zero-order valence-electron chi connectivity index (χ0n) is 13.3. The van der Waals surface area contributed by atoms with Crippen LogP contribution in [0.15, 0.2) is 35.6 Å². The second kappa shape index (κ2) is 6.83. The molecule has 1 atom stereocenters. The molecule has 0 radical (unpaired) electrons. The fourth-order valence-electron chi connectivity index (χ4n) is 2.11. The maximum Gasteiger partial charge on any atom is 0.318 e. The molecule has 0 unspecified atom stereocenters. The molecule has 3 aromatic rings. The number of fused-ring (bicyclic) bond motifs is 1. The molecular formula is C15H15N5O3S. The maximum atomic E-state index is 11.6. The van der Waals surface area contributed by atoms with Crippen LogP contribution in [-0.4, -0.2) is 50.4 Å². The number of carbonyl (C=O) groups is 1. The van der Waals surface area contributed by atoms with Crippen LogP contribution in [0, 0.1) is 0 Å². The number of esters is 1. The van der Waals surface area contributed by atoms with E-state index in [1.54, 1.807) is 18.7 Å². The molecule has 2 heterocycles. The number of ether oxygens (including phenoxy) is 2. The first kappa shape index (κ1) is 16.2. The van der Waals surface area contributed by atoms with Gasteiger partial charge in [0.15, 0.2) is 11.2 Å². The third-order valence-electron chi connectivity index (χ3n) is 3.32. The minimum atomic E-state index is -0.407. The average molecular weight is 345 g/mol. The third-order valence-corrected chi connectivity index (χ3v) is 4.39. The number of methoxy groups -OCH3 is 2. The number of hydrogen-bond acceptors (Lipinski definition) is 8. The molecular weight excluding hydrogens is 330 g/mol. The van der Waals surface area contributed by atoms with Gasteiger partial charge in [0.2, 0.25) is 0 Å². The summed E-state index contributed by atoms with van der Waals surface area (Å²) in [4.78, 5) is 20.1. The van der Waals surface area contributed by atoms with E-state index in [9.17, 15) is 4.79 Å². The lowest BCUT2D eigenvalue weighted by molar-refractivity contribution is -0.139. The van der Waals surface area contributed by atoms with Crippen molar-refractivity contribution in [3.8, 4) is 11.4 Å². The molecule has 0 bridgehead atoms. The fraction of sp³-hybridized carbons (Fsp3) is 0.267. The summed E-state index contributed by atoms with van der Waals surface area (Å²) in [5.41, 5.74) is 1.85. The Kier molecular flexibility index (Phi) is 4.61. The summed E-state index contributed by atoms with van der Waals surface area (Å²) in [6.07, 6.45) is 1.43. The molecule has 2 aromatic heterocycles. The van der Waals surface area contributed by atoms with Crippen molar-refractivity contribution in [3.63, 3.8) is 0 Å². The maximum absolute atomic E-state index is 11.6. The topological polar surface area (TPSA) is 92.0 Å². The number of benzene rings is 1. The molecule has 0 saturated heterocycles. The van der Waals surface area contributed by atoms with Crippen molar-refractivity contribution in [2.24, 2.45) is 0 Å². The molecule has 9 heteroatoms. The van der Waals surface area contributed by atoms with Gasteiger partial charge in [-0.2, -0.15) is 4.68 Å². The van der Waals surface area contributed by atoms with E-state index in [1.165, 1.54) is 25.2 Å². The fourth-order valence-corrected chi connectivity index (χ4v) is 2.99. The Morgan fingerprint density at radius 3 is 2.88 bits per heavy atom. The lowest BCUT2D eigenvalue weighted by Gasteiger charge is -2.08. The predicted molar refractivity (Wildman–Crippen MR) is 88.3 cm³/mol. The highest BCUT2D eigenvalue weighted by atomic mass is 32.2. The molecule has 0 fully saturated rings. The first-order valence-electron chi connectivity index (χ1n) is 7.09. The van der Waals surface area contributed by atoms with Crippen molar-refractivity contribution in [2.75, 3.05) is 14.2 Å². The Labute approximate surface area is 142 Å². The van der Waals surface area contributed by atoms with Crippen LogP contribution in [0.25, 0.3) is 16.9 Å². The van der Waals surface area contributed by atoms with Gasteiger partial charge in [-0.25, -0.2) is 9.97 Å². The Bertz CT molecular complexity index is 882. The van der Waals surface area contributed by atoms with Crippen LogP contribution < -0.4 is 4.74 Å². The van der Waals surface area contributed by atoms with Crippen LogP contribution in [0.5, 0.6) is 5.75 Å². The van der Waals surface area contributed by atoms with Crippen LogP contribution in [0.3, 0.4) is 0 Å². The predicted octanol–water partition coefficient (Wildman–Crippen LogP) is 1.87. The molecule has 0 aliphatic rings. The van der Waals surface area contributed by atoms with Crippen LogP contribution in [0.1, 0.15) is 6.92 Å². The highest BCUT2D eigenvalue weighted by Crippen LogP contribution is 2.28. The molecule has 124 valence electrons. The van der Waals surface area contributed by atoms with Crippen molar-refractivity contribution in [1.82, 2.24) is 25.0 Å². The molecule has 24 heavy (non-hydrogen) atoms.